The van der Waals surface area contributed by atoms with E-state index in [1.165, 1.54) is 53.6 Å². The molecule has 0 amide bonds. The third-order valence-corrected chi connectivity index (χ3v) is 13.7. The number of hydrogen-bond donors (Lipinski definition) is 0. The molecular formula is C39H25N2PS. The molecule has 0 aliphatic carbocycles. The number of para-hydroxylation sites is 2. The second-order valence-electron chi connectivity index (χ2n) is 11.1. The van der Waals surface area contributed by atoms with Crippen LogP contribution in [0.15, 0.2) is 152 Å². The fourth-order valence-corrected chi connectivity index (χ4v) is 10.5. The van der Waals surface area contributed by atoms with Gasteiger partial charge in [-0.1, -0.05) is 133 Å². The number of imidazole rings is 1. The average molecular weight is 585 g/mol. The highest BCUT2D eigenvalue weighted by Crippen LogP contribution is 2.44. The zero-order chi connectivity index (χ0) is 28.5. The Morgan fingerprint density at radius 2 is 1.14 bits per heavy atom. The summed E-state index contributed by atoms with van der Waals surface area (Å²) in [6, 6.07) is 52.2. The Bertz CT molecular complexity index is 2540. The number of aromatic nitrogens is 2. The molecule has 0 saturated heterocycles. The van der Waals surface area contributed by atoms with E-state index in [0.29, 0.717) is 0 Å². The van der Waals surface area contributed by atoms with Crippen LogP contribution in [-0.4, -0.2) is 9.38 Å². The van der Waals surface area contributed by atoms with Gasteiger partial charge in [0.05, 0.1) is 16.6 Å². The van der Waals surface area contributed by atoms with Crippen LogP contribution < -0.4 is 15.9 Å². The molecule has 0 unspecified atom stereocenters. The molecule has 202 valence electrons. The monoisotopic (exact) mass is 584 g/mol. The Kier molecular flexibility index (Phi) is 5.38. The lowest BCUT2D eigenvalue weighted by atomic mass is 9.98. The third-order valence-electron chi connectivity index (χ3n) is 8.79. The lowest BCUT2D eigenvalue weighted by Crippen LogP contribution is -2.24. The first-order valence-corrected chi connectivity index (χ1v) is 17.3. The van der Waals surface area contributed by atoms with Gasteiger partial charge in [-0.25, -0.2) is 4.98 Å². The van der Waals surface area contributed by atoms with Gasteiger partial charge in [0.25, 0.3) is 0 Å². The summed E-state index contributed by atoms with van der Waals surface area (Å²) in [5.74, 6) is 0. The first kappa shape index (κ1) is 24.7. The van der Waals surface area contributed by atoms with E-state index >= 15 is 0 Å². The van der Waals surface area contributed by atoms with Crippen LogP contribution in [0.5, 0.6) is 0 Å². The molecule has 2 nitrogen and oxygen atoms in total. The lowest BCUT2D eigenvalue weighted by molar-refractivity contribution is 1.32. The summed E-state index contributed by atoms with van der Waals surface area (Å²) in [6.45, 7) is 0. The topological polar surface area (TPSA) is 17.3 Å². The molecule has 0 aliphatic rings. The van der Waals surface area contributed by atoms with Gasteiger partial charge in [0.1, 0.15) is 5.65 Å². The predicted molar refractivity (Wildman–Crippen MR) is 189 cm³/mol. The quantitative estimate of drug-likeness (QED) is 0.117. The molecule has 43 heavy (non-hydrogen) atoms. The summed E-state index contributed by atoms with van der Waals surface area (Å²) in [4.78, 5) is 5.21. The molecule has 0 aliphatic heterocycles. The highest BCUT2D eigenvalue weighted by molar-refractivity contribution is 8.25. The van der Waals surface area contributed by atoms with Crippen molar-refractivity contribution in [1.29, 1.82) is 0 Å². The lowest BCUT2D eigenvalue weighted by Gasteiger charge is -2.24. The number of fused-ring (bicyclic) bond motifs is 11. The van der Waals surface area contributed by atoms with E-state index in [1.54, 1.807) is 0 Å². The van der Waals surface area contributed by atoms with Gasteiger partial charge in [0.2, 0.25) is 0 Å². The molecule has 0 fully saturated rings. The predicted octanol–water partition coefficient (Wildman–Crippen LogP) is 8.86. The Hall–Kier alpha value is -4.82. The summed E-state index contributed by atoms with van der Waals surface area (Å²) in [7, 11) is 0. The SMILES string of the molecule is S=P(c1ccccc1)(c1ccccc1)c1ccc2cc3c4ccc5ccccc5c4c4nc5ccccc5n4c3cc2c1. The molecule has 7 aromatic carbocycles. The average Bonchev–Trinajstić information content (AvgIpc) is 3.47. The minimum Gasteiger partial charge on any atom is -0.292 e. The van der Waals surface area contributed by atoms with E-state index in [1.807, 2.05) is 0 Å². The van der Waals surface area contributed by atoms with Crippen LogP contribution in [0.1, 0.15) is 0 Å². The highest BCUT2D eigenvalue weighted by Gasteiger charge is 2.25. The number of pyridine rings is 1. The van der Waals surface area contributed by atoms with Crippen LogP contribution >= 0.6 is 6.04 Å². The van der Waals surface area contributed by atoms with Crippen molar-refractivity contribution in [1.82, 2.24) is 9.38 Å². The Morgan fingerprint density at radius 3 is 1.93 bits per heavy atom. The Labute approximate surface area is 253 Å². The fourth-order valence-electron chi connectivity index (χ4n) is 6.77. The number of benzene rings is 7. The van der Waals surface area contributed by atoms with E-state index in [2.05, 4.69) is 156 Å². The van der Waals surface area contributed by atoms with Gasteiger partial charge < -0.3 is 0 Å². The van der Waals surface area contributed by atoms with Crippen LogP contribution in [0.4, 0.5) is 0 Å². The minimum atomic E-state index is -2.27. The van der Waals surface area contributed by atoms with Crippen LogP contribution in [-0.2, 0) is 11.8 Å². The molecule has 0 atom stereocenters. The van der Waals surface area contributed by atoms with Crippen LogP contribution in [0.2, 0.25) is 0 Å². The van der Waals surface area contributed by atoms with Crippen LogP contribution in [0, 0.1) is 0 Å². The molecule has 9 rings (SSSR count). The first-order chi connectivity index (χ1) is 21.2. The van der Waals surface area contributed by atoms with E-state index < -0.39 is 6.04 Å². The molecule has 0 N–H and O–H groups in total. The minimum absolute atomic E-state index is 0.995. The maximum atomic E-state index is 6.69. The standard InChI is InChI=1S/C39H25N2PS/c43-42(29-12-3-1-4-13-29,30-14-5-2-6-15-30)31-21-19-27-24-34-33-22-20-26-11-7-8-16-32(26)38(33)39-40-35-17-9-10-18-36(35)41(39)37(34)25-28(27)23-31/h1-25H. The third kappa shape index (κ3) is 3.59. The molecule has 2 heterocycles. The summed E-state index contributed by atoms with van der Waals surface area (Å²) < 4.78 is 2.36. The zero-order valence-corrected chi connectivity index (χ0v) is 24.9. The normalized spacial score (nSPS) is 12.3. The molecule has 0 radical (unpaired) electrons. The van der Waals surface area contributed by atoms with E-state index in [4.69, 9.17) is 16.8 Å². The van der Waals surface area contributed by atoms with E-state index in [9.17, 15) is 0 Å². The number of hydrogen-bond acceptors (Lipinski definition) is 2. The van der Waals surface area contributed by atoms with Crippen molar-refractivity contribution in [3.63, 3.8) is 0 Å². The molecule has 2 aromatic heterocycles. The van der Waals surface area contributed by atoms with Gasteiger partial charge in [0, 0.05) is 16.8 Å². The largest absolute Gasteiger partial charge is 0.292 e. The van der Waals surface area contributed by atoms with E-state index in [0.717, 1.165) is 22.2 Å². The smallest absolute Gasteiger partial charge is 0.147 e. The van der Waals surface area contributed by atoms with Crippen LogP contribution in [0.25, 0.3) is 59.9 Å². The fraction of sp³-hybridized carbons (Fsp3) is 0. The molecule has 0 saturated carbocycles. The Balaban J connectivity index is 1.41. The zero-order valence-electron chi connectivity index (χ0n) is 23.2. The van der Waals surface area contributed by atoms with Crippen molar-refractivity contribution in [2.75, 3.05) is 0 Å². The maximum absolute atomic E-state index is 6.69. The summed E-state index contributed by atoms with van der Waals surface area (Å²) in [5, 5.41) is 12.1. The highest BCUT2D eigenvalue weighted by atomic mass is 32.4. The van der Waals surface area contributed by atoms with Crippen molar-refractivity contribution in [3.05, 3.63) is 152 Å². The summed E-state index contributed by atoms with van der Waals surface area (Å²) in [6.07, 6.45) is 0. The van der Waals surface area contributed by atoms with Crippen molar-refractivity contribution in [2.45, 2.75) is 0 Å². The summed E-state index contributed by atoms with van der Waals surface area (Å²) in [5.41, 5.74) is 4.27. The number of nitrogens with zero attached hydrogens (tertiary/aromatic N) is 2. The molecule has 0 bridgehead atoms. The second kappa shape index (κ2) is 9.34. The maximum Gasteiger partial charge on any atom is 0.147 e. The molecular weight excluding hydrogens is 559 g/mol. The number of rotatable bonds is 3. The van der Waals surface area contributed by atoms with Crippen LogP contribution in [0.3, 0.4) is 0 Å². The summed E-state index contributed by atoms with van der Waals surface area (Å²) >= 11 is 6.69. The van der Waals surface area contributed by atoms with Gasteiger partial charge in [-0.05, 0) is 73.2 Å². The van der Waals surface area contributed by atoms with Gasteiger partial charge in [0.15, 0.2) is 0 Å². The van der Waals surface area contributed by atoms with Gasteiger partial charge in [-0.2, -0.15) is 0 Å². The first-order valence-electron chi connectivity index (χ1n) is 14.5. The second-order valence-corrected chi connectivity index (χ2v) is 15.6. The molecule has 9 aromatic rings. The van der Waals surface area contributed by atoms with Crippen molar-refractivity contribution < 1.29 is 0 Å². The molecule has 0 spiro atoms. The van der Waals surface area contributed by atoms with Crippen molar-refractivity contribution >= 4 is 93.7 Å². The van der Waals surface area contributed by atoms with Crippen molar-refractivity contribution in [3.8, 4) is 0 Å². The van der Waals surface area contributed by atoms with Gasteiger partial charge >= 0.3 is 0 Å². The molecule has 4 heteroatoms. The Morgan fingerprint density at radius 1 is 0.465 bits per heavy atom. The van der Waals surface area contributed by atoms with Gasteiger partial charge in [-0.15, -0.1) is 0 Å². The van der Waals surface area contributed by atoms with Crippen molar-refractivity contribution in [2.24, 2.45) is 0 Å². The van der Waals surface area contributed by atoms with Gasteiger partial charge in [-0.3, -0.25) is 4.40 Å². The van der Waals surface area contributed by atoms with E-state index in [-0.39, 0.29) is 0 Å².